The molecule has 2 aromatic carbocycles. The number of nitrogens with one attached hydrogen (secondary N) is 1. The molecule has 0 radical (unpaired) electrons. The molecule has 0 atom stereocenters. The van der Waals surface area contributed by atoms with Crippen LogP contribution >= 0.6 is 11.3 Å². The van der Waals surface area contributed by atoms with Crippen molar-refractivity contribution in [3.05, 3.63) is 58.6 Å². The first-order chi connectivity index (χ1) is 11.1. The van der Waals surface area contributed by atoms with Crippen LogP contribution in [0.5, 0.6) is 0 Å². The van der Waals surface area contributed by atoms with Gasteiger partial charge in [0.2, 0.25) is 0 Å². The van der Waals surface area contributed by atoms with Gasteiger partial charge < -0.3 is 5.32 Å². The first-order valence-corrected chi connectivity index (χ1v) is 8.01. The number of fused-ring (bicyclic) bond motifs is 2. The monoisotopic (exact) mass is 323 g/mol. The largest absolute Gasteiger partial charge is 0.367 e. The van der Waals surface area contributed by atoms with Crippen molar-refractivity contribution in [2.24, 2.45) is 0 Å². The van der Waals surface area contributed by atoms with E-state index in [-0.39, 0.29) is 18.5 Å². The van der Waals surface area contributed by atoms with Crippen LogP contribution in [-0.4, -0.2) is 28.4 Å². The predicted molar refractivity (Wildman–Crippen MR) is 89.8 cm³/mol. The second-order valence-electron chi connectivity index (χ2n) is 5.33. The van der Waals surface area contributed by atoms with Crippen molar-refractivity contribution in [2.45, 2.75) is 6.92 Å². The second kappa shape index (κ2) is 5.17. The van der Waals surface area contributed by atoms with Gasteiger partial charge in [0.15, 0.2) is 0 Å². The number of anilines is 1. The minimum absolute atomic E-state index is 0.140. The molecule has 3 aromatic rings. The van der Waals surface area contributed by atoms with Crippen LogP contribution < -0.4 is 5.32 Å². The maximum Gasteiger partial charge on any atom is 0.263 e. The lowest BCUT2D eigenvalue weighted by atomic mass is 10.1. The van der Waals surface area contributed by atoms with Crippen LogP contribution in [0.2, 0.25) is 0 Å². The Labute approximate surface area is 136 Å². The van der Waals surface area contributed by atoms with Crippen LogP contribution in [0.15, 0.2) is 42.5 Å². The van der Waals surface area contributed by atoms with Gasteiger partial charge in [-0.25, -0.2) is 4.98 Å². The summed E-state index contributed by atoms with van der Waals surface area (Å²) < 4.78 is 1.12. The summed E-state index contributed by atoms with van der Waals surface area (Å²) in [4.78, 5) is 30.3. The van der Waals surface area contributed by atoms with Crippen molar-refractivity contribution in [1.82, 2.24) is 9.88 Å². The molecule has 1 N–H and O–H groups in total. The highest BCUT2D eigenvalue weighted by molar-refractivity contribution is 7.18. The number of imide groups is 1. The fourth-order valence-electron chi connectivity index (χ4n) is 2.71. The fraction of sp³-hybridized carbons (Fsp3) is 0.118. The molecule has 2 heterocycles. The van der Waals surface area contributed by atoms with Gasteiger partial charge in [-0.15, -0.1) is 11.3 Å². The van der Waals surface area contributed by atoms with E-state index in [1.165, 1.54) is 4.90 Å². The van der Waals surface area contributed by atoms with E-state index in [1.807, 2.05) is 25.1 Å². The van der Waals surface area contributed by atoms with Gasteiger partial charge in [0, 0.05) is 5.69 Å². The Morgan fingerprint density at radius 3 is 2.48 bits per heavy atom. The Kier molecular flexibility index (Phi) is 3.12. The Balaban J connectivity index is 1.55. The highest BCUT2D eigenvalue weighted by atomic mass is 32.1. The van der Waals surface area contributed by atoms with Crippen molar-refractivity contribution in [3.63, 3.8) is 0 Å². The quantitative estimate of drug-likeness (QED) is 0.752. The van der Waals surface area contributed by atoms with E-state index >= 15 is 0 Å². The van der Waals surface area contributed by atoms with Crippen LogP contribution in [-0.2, 0) is 0 Å². The fourth-order valence-corrected chi connectivity index (χ4v) is 3.51. The zero-order valence-corrected chi connectivity index (χ0v) is 13.2. The summed E-state index contributed by atoms with van der Waals surface area (Å²) in [7, 11) is 0. The Hall–Kier alpha value is -2.73. The molecule has 0 aliphatic carbocycles. The van der Waals surface area contributed by atoms with Crippen molar-refractivity contribution in [2.75, 3.05) is 12.0 Å². The topological polar surface area (TPSA) is 62.3 Å². The lowest BCUT2D eigenvalue weighted by Crippen LogP contribution is -2.34. The maximum atomic E-state index is 12.3. The van der Waals surface area contributed by atoms with Gasteiger partial charge in [-0.3, -0.25) is 14.5 Å². The van der Waals surface area contributed by atoms with E-state index in [9.17, 15) is 9.59 Å². The molecule has 6 heteroatoms. The van der Waals surface area contributed by atoms with Gasteiger partial charge in [0.05, 0.1) is 33.0 Å². The molecule has 4 rings (SSSR count). The van der Waals surface area contributed by atoms with Crippen LogP contribution in [0.4, 0.5) is 5.69 Å². The molecule has 0 fully saturated rings. The van der Waals surface area contributed by atoms with E-state index in [4.69, 9.17) is 0 Å². The number of aryl methyl sites for hydroxylation is 1. The summed E-state index contributed by atoms with van der Waals surface area (Å²) in [5, 5.41) is 4.14. The average molecular weight is 323 g/mol. The number of benzene rings is 2. The molecule has 5 nitrogen and oxygen atoms in total. The second-order valence-corrected chi connectivity index (χ2v) is 6.57. The van der Waals surface area contributed by atoms with E-state index in [1.54, 1.807) is 35.6 Å². The molecule has 23 heavy (non-hydrogen) atoms. The number of amides is 2. The summed E-state index contributed by atoms with van der Waals surface area (Å²) in [6.07, 6.45) is 0. The van der Waals surface area contributed by atoms with Gasteiger partial charge in [0.25, 0.3) is 11.8 Å². The lowest BCUT2D eigenvalue weighted by molar-refractivity contribution is 0.0666. The number of hydrogen-bond donors (Lipinski definition) is 1. The molecule has 0 saturated heterocycles. The van der Waals surface area contributed by atoms with E-state index in [0.29, 0.717) is 11.1 Å². The number of aromatic nitrogens is 1. The third kappa shape index (κ3) is 2.27. The summed E-state index contributed by atoms with van der Waals surface area (Å²) in [5.74, 6) is -0.521. The minimum Gasteiger partial charge on any atom is -0.367 e. The van der Waals surface area contributed by atoms with Crippen molar-refractivity contribution < 1.29 is 9.59 Å². The third-order valence-corrected chi connectivity index (χ3v) is 4.77. The van der Waals surface area contributed by atoms with Crippen LogP contribution in [0.3, 0.4) is 0 Å². The number of nitrogens with zero attached hydrogens (tertiary/aromatic N) is 2. The zero-order valence-electron chi connectivity index (χ0n) is 12.4. The number of rotatable bonds is 3. The molecular formula is C17H13N3O2S. The first kappa shape index (κ1) is 13.9. The Bertz CT molecular complexity index is 913. The highest BCUT2D eigenvalue weighted by Gasteiger charge is 2.34. The van der Waals surface area contributed by atoms with Gasteiger partial charge in [-0.2, -0.15) is 0 Å². The van der Waals surface area contributed by atoms with Crippen LogP contribution in [0.25, 0.3) is 10.2 Å². The van der Waals surface area contributed by atoms with E-state index < -0.39 is 0 Å². The number of hydrogen-bond acceptors (Lipinski definition) is 5. The normalized spacial score (nSPS) is 13.7. The standard InChI is InChI=1S/C17H13N3O2S/c1-10-19-14-8-11(6-7-15(14)23-10)18-9-20-16(21)12-4-2-3-5-13(12)17(20)22/h2-8,18H,9H2,1H3. The van der Waals surface area contributed by atoms with Crippen molar-refractivity contribution >= 4 is 39.1 Å². The number of carbonyl (C=O) groups excluding carboxylic acids is 2. The summed E-state index contributed by atoms with van der Waals surface area (Å²) in [6.45, 7) is 2.11. The third-order valence-electron chi connectivity index (χ3n) is 3.81. The molecule has 0 saturated carbocycles. The summed E-state index contributed by atoms with van der Waals surface area (Å²) in [5.41, 5.74) is 2.67. The van der Waals surface area contributed by atoms with Crippen molar-refractivity contribution in [3.8, 4) is 0 Å². The Morgan fingerprint density at radius 1 is 1.09 bits per heavy atom. The smallest absolute Gasteiger partial charge is 0.263 e. The first-order valence-electron chi connectivity index (χ1n) is 7.20. The molecule has 1 aliphatic heterocycles. The van der Waals surface area contributed by atoms with Gasteiger partial charge in [-0.05, 0) is 37.3 Å². The molecule has 0 bridgehead atoms. The molecule has 0 spiro atoms. The zero-order chi connectivity index (χ0) is 16.0. The molecule has 114 valence electrons. The molecular weight excluding hydrogens is 310 g/mol. The van der Waals surface area contributed by atoms with Gasteiger partial charge >= 0.3 is 0 Å². The molecule has 1 aromatic heterocycles. The summed E-state index contributed by atoms with van der Waals surface area (Å²) in [6, 6.07) is 12.7. The minimum atomic E-state index is -0.260. The van der Waals surface area contributed by atoms with Gasteiger partial charge in [0.1, 0.15) is 0 Å². The van der Waals surface area contributed by atoms with E-state index in [0.717, 1.165) is 20.9 Å². The van der Waals surface area contributed by atoms with Crippen LogP contribution in [0, 0.1) is 6.92 Å². The summed E-state index contributed by atoms with van der Waals surface area (Å²) >= 11 is 1.64. The van der Waals surface area contributed by atoms with Crippen molar-refractivity contribution in [1.29, 1.82) is 0 Å². The van der Waals surface area contributed by atoms with Crippen LogP contribution in [0.1, 0.15) is 25.7 Å². The average Bonchev–Trinajstić information content (AvgIpc) is 3.04. The maximum absolute atomic E-state index is 12.3. The number of thiazole rings is 1. The molecule has 2 amide bonds. The number of carbonyl (C=O) groups is 2. The predicted octanol–water partition coefficient (Wildman–Crippen LogP) is 3.27. The molecule has 1 aliphatic rings. The SMILES string of the molecule is Cc1nc2cc(NCN3C(=O)c4ccccc4C3=O)ccc2s1. The Morgan fingerprint density at radius 2 is 1.78 bits per heavy atom. The lowest BCUT2D eigenvalue weighted by Gasteiger charge is -2.15. The molecule has 0 unspecified atom stereocenters. The van der Waals surface area contributed by atoms with Gasteiger partial charge in [-0.1, -0.05) is 12.1 Å². The highest BCUT2D eigenvalue weighted by Crippen LogP contribution is 2.25. The van der Waals surface area contributed by atoms with E-state index in [2.05, 4.69) is 10.3 Å².